The smallest absolute Gasteiger partial charge is 0.271 e. The second-order valence-electron chi connectivity index (χ2n) is 6.01. The first-order valence-electron chi connectivity index (χ1n) is 7.78. The van der Waals surface area contributed by atoms with Crippen molar-refractivity contribution in [2.75, 3.05) is 6.61 Å². The second kappa shape index (κ2) is 6.36. The van der Waals surface area contributed by atoms with Gasteiger partial charge < -0.3 is 14.6 Å². The van der Waals surface area contributed by atoms with Crippen LogP contribution in [0.2, 0.25) is 0 Å². The Labute approximate surface area is 131 Å². The largest absolute Gasteiger partial charge is 0.394 e. The number of aryl methyl sites for hydroxylation is 1. The lowest BCUT2D eigenvalue weighted by Gasteiger charge is -2.31. The van der Waals surface area contributed by atoms with Crippen LogP contribution < -0.4 is 0 Å². The SMILES string of the molecule is Cn1cccc1C(=O)N(Cc1ccccc1)C(CO)C1CC1. The number of carbonyl (C=O) groups is 1. The Morgan fingerprint density at radius 2 is 2.00 bits per heavy atom. The first-order chi connectivity index (χ1) is 10.7. The average molecular weight is 298 g/mol. The summed E-state index contributed by atoms with van der Waals surface area (Å²) in [4.78, 5) is 14.8. The van der Waals surface area contributed by atoms with Crippen molar-refractivity contribution in [1.82, 2.24) is 9.47 Å². The Hall–Kier alpha value is -2.07. The van der Waals surface area contributed by atoms with Crippen molar-refractivity contribution in [2.45, 2.75) is 25.4 Å². The minimum Gasteiger partial charge on any atom is -0.394 e. The normalized spacial score (nSPS) is 15.5. The van der Waals surface area contributed by atoms with Crippen molar-refractivity contribution in [3.05, 3.63) is 59.9 Å². The van der Waals surface area contributed by atoms with Gasteiger partial charge in [-0.2, -0.15) is 0 Å². The molecule has 1 aromatic heterocycles. The van der Waals surface area contributed by atoms with Gasteiger partial charge in [0.2, 0.25) is 0 Å². The van der Waals surface area contributed by atoms with Crippen LogP contribution in [0.1, 0.15) is 28.9 Å². The highest BCUT2D eigenvalue weighted by molar-refractivity contribution is 5.93. The predicted molar refractivity (Wildman–Crippen MR) is 85.3 cm³/mol. The second-order valence-corrected chi connectivity index (χ2v) is 6.01. The minimum atomic E-state index is -0.0948. The summed E-state index contributed by atoms with van der Waals surface area (Å²) in [6.07, 6.45) is 4.06. The predicted octanol–water partition coefficient (Wildman–Crippen LogP) is 2.44. The Balaban J connectivity index is 1.88. The topological polar surface area (TPSA) is 45.5 Å². The molecule has 0 bridgehead atoms. The van der Waals surface area contributed by atoms with Crippen LogP contribution in [0.15, 0.2) is 48.7 Å². The van der Waals surface area contributed by atoms with Gasteiger partial charge in [-0.05, 0) is 36.5 Å². The van der Waals surface area contributed by atoms with E-state index in [4.69, 9.17) is 0 Å². The zero-order chi connectivity index (χ0) is 15.5. The van der Waals surface area contributed by atoms with Gasteiger partial charge in [0.05, 0.1) is 12.6 Å². The summed E-state index contributed by atoms with van der Waals surface area (Å²) in [6.45, 7) is 0.556. The van der Waals surface area contributed by atoms with Crippen molar-refractivity contribution in [2.24, 2.45) is 13.0 Å². The maximum atomic E-state index is 13.0. The summed E-state index contributed by atoms with van der Waals surface area (Å²) in [6, 6.07) is 13.6. The number of benzene rings is 1. The number of aromatic nitrogens is 1. The van der Waals surface area contributed by atoms with Crippen LogP contribution in [0.25, 0.3) is 0 Å². The highest BCUT2D eigenvalue weighted by atomic mass is 16.3. The number of hydrogen-bond acceptors (Lipinski definition) is 2. The van der Waals surface area contributed by atoms with E-state index in [2.05, 4.69) is 0 Å². The molecule has 0 aliphatic heterocycles. The molecule has 1 amide bonds. The van der Waals surface area contributed by atoms with Crippen LogP contribution in [0, 0.1) is 5.92 Å². The molecule has 0 saturated heterocycles. The van der Waals surface area contributed by atoms with E-state index < -0.39 is 0 Å². The summed E-state index contributed by atoms with van der Waals surface area (Å²) in [5.41, 5.74) is 1.75. The molecule has 3 rings (SSSR count). The van der Waals surface area contributed by atoms with Gasteiger partial charge in [-0.15, -0.1) is 0 Å². The van der Waals surface area contributed by atoms with Crippen molar-refractivity contribution < 1.29 is 9.90 Å². The van der Waals surface area contributed by atoms with E-state index in [0.29, 0.717) is 18.2 Å². The quantitative estimate of drug-likeness (QED) is 0.890. The maximum Gasteiger partial charge on any atom is 0.271 e. The summed E-state index contributed by atoms with van der Waals surface area (Å²) < 4.78 is 1.83. The Morgan fingerprint density at radius 1 is 1.27 bits per heavy atom. The molecule has 0 spiro atoms. The number of amides is 1. The standard InChI is InChI=1S/C18H22N2O2/c1-19-11-5-8-16(19)18(22)20(17(13-21)15-9-10-15)12-14-6-3-2-4-7-14/h2-8,11,15,17,21H,9-10,12-13H2,1H3. The van der Waals surface area contributed by atoms with Crippen LogP contribution in [-0.4, -0.2) is 33.1 Å². The van der Waals surface area contributed by atoms with E-state index in [9.17, 15) is 9.90 Å². The van der Waals surface area contributed by atoms with Crippen LogP contribution in [0.5, 0.6) is 0 Å². The van der Waals surface area contributed by atoms with E-state index in [1.807, 2.05) is 65.2 Å². The molecule has 22 heavy (non-hydrogen) atoms. The van der Waals surface area contributed by atoms with Gasteiger partial charge in [0.1, 0.15) is 5.69 Å². The summed E-state index contributed by atoms with van der Waals surface area (Å²) in [7, 11) is 1.87. The first kappa shape index (κ1) is 14.9. The van der Waals surface area contributed by atoms with Crippen molar-refractivity contribution in [1.29, 1.82) is 0 Å². The fourth-order valence-corrected chi connectivity index (χ4v) is 2.93. The highest BCUT2D eigenvalue weighted by Gasteiger charge is 2.37. The fourth-order valence-electron chi connectivity index (χ4n) is 2.93. The summed E-state index contributed by atoms with van der Waals surface area (Å²) >= 11 is 0. The molecule has 1 unspecified atom stereocenters. The molecule has 1 fully saturated rings. The van der Waals surface area contributed by atoms with Crippen LogP contribution in [0.3, 0.4) is 0 Å². The zero-order valence-corrected chi connectivity index (χ0v) is 12.9. The van der Waals surface area contributed by atoms with Crippen molar-refractivity contribution in [3.63, 3.8) is 0 Å². The van der Waals surface area contributed by atoms with Crippen molar-refractivity contribution in [3.8, 4) is 0 Å². The van der Waals surface area contributed by atoms with Gasteiger partial charge in [-0.25, -0.2) is 0 Å². The molecule has 0 radical (unpaired) electrons. The molecular formula is C18H22N2O2. The zero-order valence-electron chi connectivity index (χ0n) is 12.9. The van der Waals surface area contributed by atoms with Gasteiger partial charge in [-0.3, -0.25) is 4.79 Å². The number of hydrogen-bond donors (Lipinski definition) is 1. The molecule has 1 aromatic carbocycles. The molecule has 1 N–H and O–H groups in total. The Kier molecular flexibility index (Phi) is 4.29. The van der Waals surface area contributed by atoms with E-state index in [-0.39, 0.29) is 18.6 Å². The third-order valence-electron chi connectivity index (χ3n) is 4.37. The van der Waals surface area contributed by atoms with Crippen LogP contribution >= 0.6 is 0 Å². The summed E-state index contributed by atoms with van der Waals surface area (Å²) in [5, 5.41) is 9.80. The molecule has 2 aromatic rings. The molecule has 1 aliphatic rings. The Bertz CT molecular complexity index is 632. The molecule has 116 valence electrons. The lowest BCUT2D eigenvalue weighted by molar-refractivity contribution is 0.0522. The molecule has 1 aliphatic carbocycles. The maximum absolute atomic E-state index is 13.0. The van der Waals surface area contributed by atoms with Gasteiger partial charge >= 0.3 is 0 Å². The molecule has 1 atom stereocenters. The van der Waals surface area contributed by atoms with Crippen LogP contribution in [-0.2, 0) is 13.6 Å². The number of carbonyl (C=O) groups excluding carboxylic acids is 1. The van der Waals surface area contributed by atoms with Gasteiger partial charge in [0, 0.05) is 19.8 Å². The number of aliphatic hydroxyl groups excluding tert-OH is 1. The monoisotopic (exact) mass is 298 g/mol. The van der Waals surface area contributed by atoms with Crippen LogP contribution in [0.4, 0.5) is 0 Å². The molecular weight excluding hydrogens is 276 g/mol. The number of rotatable bonds is 6. The molecule has 1 heterocycles. The molecule has 1 saturated carbocycles. The Morgan fingerprint density at radius 3 is 2.55 bits per heavy atom. The van der Waals surface area contributed by atoms with E-state index in [1.54, 1.807) is 0 Å². The van der Waals surface area contributed by atoms with Gasteiger partial charge in [-0.1, -0.05) is 30.3 Å². The minimum absolute atomic E-state index is 0.0118. The van der Waals surface area contributed by atoms with E-state index in [1.165, 1.54) is 0 Å². The third-order valence-corrected chi connectivity index (χ3v) is 4.37. The van der Waals surface area contributed by atoms with Crippen molar-refractivity contribution >= 4 is 5.91 Å². The van der Waals surface area contributed by atoms with Gasteiger partial charge in [0.15, 0.2) is 0 Å². The number of nitrogens with zero attached hydrogens (tertiary/aromatic N) is 2. The van der Waals surface area contributed by atoms with Gasteiger partial charge in [0.25, 0.3) is 5.91 Å². The molecule has 4 nitrogen and oxygen atoms in total. The lowest BCUT2D eigenvalue weighted by atomic mass is 10.1. The first-order valence-corrected chi connectivity index (χ1v) is 7.78. The van der Waals surface area contributed by atoms with E-state index in [0.717, 1.165) is 18.4 Å². The number of aliphatic hydroxyl groups is 1. The average Bonchev–Trinajstić information content (AvgIpc) is 3.28. The highest BCUT2D eigenvalue weighted by Crippen LogP contribution is 2.36. The molecule has 4 heteroatoms. The lowest BCUT2D eigenvalue weighted by Crippen LogP contribution is -2.44. The third kappa shape index (κ3) is 3.07. The fraction of sp³-hybridized carbons (Fsp3) is 0.389. The summed E-state index contributed by atoms with van der Waals surface area (Å²) in [5.74, 6) is 0.417. The van der Waals surface area contributed by atoms with E-state index >= 15 is 0 Å².